The first-order valence-electron chi connectivity index (χ1n) is 30.5. The molecule has 0 saturated carbocycles. The van der Waals surface area contributed by atoms with Gasteiger partial charge in [0.25, 0.3) is 5.91 Å². The average molecular weight is 1330 g/mol. The maximum absolute atomic E-state index is 14.5. The molecule has 0 bridgehead atoms. The molecular formula is C64H82ClN17O13. The van der Waals surface area contributed by atoms with Gasteiger partial charge >= 0.3 is 6.03 Å². The number of phenolic OH excluding ortho intramolecular Hbond substituents is 1. The van der Waals surface area contributed by atoms with Gasteiger partial charge in [-0.05, 0) is 90.8 Å². The lowest BCUT2D eigenvalue weighted by Crippen LogP contribution is -2.62. The van der Waals surface area contributed by atoms with Crippen LogP contribution in [-0.2, 0) is 73.6 Å². The van der Waals surface area contributed by atoms with Crippen LogP contribution in [0.25, 0.3) is 21.8 Å². The van der Waals surface area contributed by atoms with Crippen molar-refractivity contribution in [3.05, 3.63) is 137 Å². The van der Waals surface area contributed by atoms with E-state index in [1.807, 2.05) is 24.3 Å². The number of urea groups is 1. The molecule has 12 amide bonds. The first-order valence-corrected chi connectivity index (χ1v) is 30.9. The predicted octanol–water partition coefficient (Wildman–Crippen LogP) is -0.297. The zero-order chi connectivity index (χ0) is 69.5. The molecule has 30 nitrogen and oxygen atoms in total. The third-order valence-corrected chi connectivity index (χ3v) is 15.4. The van der Waals surface area contributed by atoms with Crippen LogP contribution in [0.1, 0.15) is 75.6 Å². The number of hydrazine groups is 1. The van der Waals surface area contributed by atoms with Crippen molar-refractivity contribution in [3.8, 4) is 5.75 Å². The number of guanidine groups is 1. The number of H-pyrrole nitrogens is 2. The normalized spacial score (nSPS) is 13.9. The maximum Gasteiger partial charge on any atom is 0.334 e. The molecule has 0 fully saturated rings. The number of aromatic nitrogens is 2. The summed E-state index contributed by atoms with van der Waals surface area (Å²) in [7, 11) is 1.54. The second kappa shape index (κ2) is 35.3. The minimum absolute atomic E-state index is 0.000367. The summed E-state index contributed by atoms with van der Waals surface area (Å²) in [5, 5.41) is 56.3. The van der Waals surface area contributed by atoms with Crippen molar-refractivity contribution in [2.75, 3.05) is 13.6 Å². The van der Waals surface area contributed by atoms with Crippen LogP contribution in [0.2, 0.25) is 5.02 Å². The van der Waals surface area contributed by atoms with Gasteiger partial charge in [0.05, 0.1) is 12.5 Å². The van der Waals surface area contributed by atoms with Gasteiger partial charge in [-0.2, -0.15) is 0 Å². The van der Waals surface area contributed by atoms with Crippen molar-refractivity contribution >= 4 is 104 Å². The summed E-state index contributed by atoms with van der Waals surface area (Å²) in [4.78, 5) is 157. The molecule has 95 heavy (non-hydrogen) atoms. The molecule has 4 aromatic carbocycles. The number of halogens is 1. The highest BCUT2D eigenvalue weighted by Gasteiger charge is 2.36. The molecule has 0 aliphatic rings. The van der Waals surface area contributed by atoms with E-state index in [9.17, 15) is 63.0 Å². The molecule has 21 N–H and O–H groups in total. The number of nitrogens with one attached hydrogen (secondary N) is 15. The first kappa shape index (κ1) is 73.3. The summed E-state index contributed by atoms with van der Waals surface area (Å²) < 4.78 is 0. The topological polar surface area (TPSA) is 480 Å². The summed E-state index contributed by atoms with van der Waals surface area (Å²) >= 11 is 6.15. The minimum Gasteiger partial charge on any atom is -0.508 e. The standard InChI is InChI=1S/C64H82ClN17O13/c1-33(2)25-48(57(89)74-46(15-10-24-70-63(68)69-5)56(88)75-47(55(67)87)28-38-31-71-44-13-8-6-11-42(38)44)79-64(95)82-81-61(93)50(27-36-16-20-40(65)21-17-36)78-62(94)54(34(3)83)80-60(92)52(30-53(66)86)77-59(91)51(29-39-32-72-45-14-9-7-12-43(39)45)76-58(90)49(73-35(4)84)26-37-18-22-41(85)23-19-37/h6-9,11-14,16-23,31-34,46-52,54,71-72,83,85H,10,15,24-30H2,1-5H3,(H2,66,86)(H2,67,87)(H,73,84)(H,74,89)(H,75,88)(H,76,90)(H,77,91)(H,78,94)(H,80,92)(H,81,93)(H3,68,69,70)(H2,79,82,95)/t34-,46+,47+,48+,49-,50+,51+,52+,54+/m1/s1. The van der Waals surface area contributed by atoms with Crippen LogP contribution in [0, 0.1) is 11.3 Å². The number of aliphatic hydroxyl groups excluding tert-OH is 1. The number of phenols is 1. The van der Waals surface area contributed by atoms with E-state index in [2.05, 4.69) is 74.0 Å². The molecule has 508 valence electrons. The molecule has 9 atom stereocenters. The Hall–Kier alpha value is -10.8. The monoisotopic (exact) mass is 1330 g/mol. The number of para-hydroxylation sites is 2. The fourth-order valence-electron chi connectivity index (χ4n) is 10.3. The largest absolute Gasteiger partial charge is 0.508 e. The Balaban J connectivity index is 1.17. The summed E-state index contributed by atoms with van der Waals surface area (Å²) in [6.45, 7) is 6.04. The van der Waals surface area contributed by atoms with E-state index in [0.29, 0.717) is 38.2 Å². The molecule has 0 radical (unpaired) electrons. The fraction of sp³-hybridized carbons (Fsp3) is 0.375. The van der Waals surface area contributed by atoms with Crippen LogP contribution in [0.5, 0.6) is 5.75 Å². The van der Waals surface area contributed by atoms with E-state index in [4.69, 9.17) is 28.5 Å². The zero-order valence-corrected chi connectivity index (χ0v) is 53.7. The number of primary amides is 2. The summed E-state index contributed by atoms with van der Waals surface area (Å²) in [5.74, 6) is -9.72. The molecule has 0 aliphatic carbocycles. The lowest BCUT2D eigenvalue weighted by atomic mass is 10.0. The Morgan fingerprint density at radius 2 is 1.02 bits per heavy atom. The highest BCUT2D eigenvalue weighted by Crippen LogP contribution is 2.22. The van der Waals surface area contributed by atoms with E-state index in [1.54, 1.807) is 50.5 Å². The zero-order valence-electron chi connectivity index (χ0n) is 52.9. The Kier molecular flexibility index (Phi) is 27.3. The van der Waals surface area contributed by atoms with Crippen LogP contribution in [-0.4, -0.2) is 159 Å². The van der Waals surface area contributed by atoms with Crippen LogP contribution >= 0.6 is 11.6 Å². The summed E-state index contributed by atoms with van der Waals surface area (Å²) in [5.41, 5.74) is 19.4. The predicted molar refractivity (Wildman–Crippen MR) is 352 cm³/mol. The average Bonchev–Trinajstić information content (AvgIpc) is 1.83. The Morgan fingerprint density at radius 3 is 1.56 bits per heavy atom. The molecule has 0 aliphatic heterocycles. The van der Waals surface area contributed by atoms with Crippen LogP contribution in [0.3, 0.4) is 0 Å². The number of nitrogens with two attached hydrogens (primary N) is 2. The van der Waals surface area contributed by atoms with E-state index in [-0.39, 0.29) is 69.1 Å². The van der Waals surface area contributed by atoms with E-state index in [1.165, 1.54) is 62.5 Å². The summed E-state index contributed by atoms with van der Waals surface area (Å²) in [6, 6.07) is 13.2. The third-order valence-electron chi connectivity index (χ3n) is 15.1. The Bertz CT molecular complexity index is 3710. The number of carbonyl (C=O) groups is 11. The summed E-state index contributed by atoms with van der Waals surface area (Å²) in [6.07, 6.45) is 0.346. The number of aliphatic hydroxyl groups is 1. The van der Waals surface area contributed by atoms with Crippen molar-refractivity contribution in [1.82, 2.24) is 74.0 Å². The fourth-order valence-corrected chi connectivity index (χ4v) is 10.4. The SMILES string of the molecule is CNC(=N)NCCC[C@H](NC(=O)[C@H](CC(C)C)NC(=O)NNC(=O)[C@H](Cc1ccc(Cl)cc1)NC(=O)[C@@H](NC(=O)[C@H](CC(N)=O)NC(=O)[C@H](Cc1c[nH]c2ccccc12)NC(=O)[C@@H](Cc1ccc(O)cc1)NC(C)=O)[C@@H](C)O)C(=O)N[C@@H](Cc1c[nH]c2ccccc12)C(N)=O. The van der Waals surface area contributed by atoms with Gasteiger partial charge in [0.1, 0.15) is 54.1 Å². The Labute approximate surface area is 551 Å². The minimum atomic E-state index is -1.92. The van der Waals surface area contributed by atoms with Crippen LogP contribution in [0.15, 0.2) is 109 Å². The molecule has 0 unspecified atom stereocenters. The Morgan fingerprint density at radius 1 is 0.547 bits per heavy atom. The first-order chi connectivity index (χ1) is 45.2. The number of carbonyl (C=O) groups excluding carboxylic acids is 11. The molecular weight excluding hydrogens is 1250 g/mol. The molecule has 2 aromatic heterocycles. The lowest BCUT2D eigenvalue weighted by molar-refractivity contribution is -0.137. The van der Waals surface area contributed by atoms with Crippen LogP contribution in [0.4, 0.5) is 4.79 Å². The molecule has 31 heteroatoms. The van der Waals surface area contributed by atoms with Gasteiger partial charge in [-0.3, -0.25) is 58.8 Å². The second-order valence-electron chi connectivity index (χ2n) is 23.2. The highest BCUT2D eigenvalue weighted by atomic mass is 35.5. The quantitative estimate of drug-likeness (QED) is 0.0109. The van der Waals surface area contributed by atoms with Gasteiger partial charge < -0.3 is 84.8 Å². The van der Waals surface area contributed by atoms with Crippen molar-refractivity contribution in [2.24, 2.45) is 17.4 Å². The van der Waals surface area contributed by atoms with Gasteiger partial charge in [0, 0.05) is 85.4 Å². The van der Waals surface area contributed by atoms with Crippen LogP contribution < -0.4 is 75.5 Å². The van der Waals surface area contributed by atoms with Gasteiger partial charge in [-0.15, -0.1) is 0 Å². The van der Waals surface area contributed by atoms with E-state index in [0.717, 1.165) is 17.8 Å². The van der Waals surface area contributed by atoms with Gasteiger partial charge in [0.2, 0.25) is 53.2 Å². The number of hydrogen-bond donors (Lipinski definition) is 19. The number of benzene rings is 4. The molecule has 2 heterocycles. The number of fused-ring (bicyclic) bond motifs is 2. The number of aromatic amines is 2. The van der Waals surface area contributed by atoms with E-state index < -0.39 is 126 Å². The smallest absolute Gasteiger partial charge is 0.334 e. The van der Waals surface area contributed by atoms with Gasteiger partial charge in [-0.1, -0.05) is 86.1 Å². The van der Waals surface area contributed by atoms with Crippen molar-refractivity contribution < 1.29 is 63.0 Å². The number of amides is 12. The van der Waals surface area contributed by atoms with E-state index >= 15 is 0 Å². The number of aromatic hydroxyl groups is 1. The number of rotatable bonds is 33. The maximum atomic E-state index is 14.5. The highest BCUT2D eigenvalue weighted by molar-refractivity contribution is 6.30. The van der Waals surface area contributed by atoms with Crippen molar-refractivity contribution in [3.63, 3.8) is 0 Å². The van der Waals surface area contributed by atoms with Crippen molar-refractivity contribution in [1.29, 1.82) is 5.41 Å². The van der Waals surface area contributed by atoms with Crippen molar-refractivity contribution in [2.45, 2.75) is 134 Å². The second-order valence-corrected chi connectivity index (χ2v) is 23.6. The van der Waals surface area contributed by atoms with Gasteiger partial charge in [0.15, 0.2) is 5.96 Å². The lowest BCUT2D eigenvalue weighted by Gasteiger charge is -2.28. The number of hydrogen-bond acceptors (Lipinski definition) is 14. The molecule has 0 spiro atoms. The third kappa shape index (κ3) is 22.8. The van der Waals surface area contributed by atoms with Gasteiger partial charge in [-0.25, -0.2) is 10.2 Å². The molecule has 0 saturated heterocycles. The molecule has 6 aromatic rings. The molecule has 6 rings (SSSR count).